The van der Waals surface area contributed by atoms with Crippen molar-refractivity contribution in [1.29, 1.82) is 0 Å². The van der Waals surface area contributed by atoms with Crippen LogP contribution in [0.4, 0.5) is 0 Å². The van der Waals surface area contributed by atoms with Gasteiger partial charge in [0.15, 0.2) is 0 Å². The number of benzene rings is 1. The molecule has 15 heavy (non-hydrogen) atoms. The monoisotopic (exact) mass is 291 g/mol. The summed E-state index contributed by atoms with van der Waals surface area (Å²) in [6, 6.07) is 4.61. The number of halogens is 2. The van der Waals surface area contributed by atoms with Gasteiger partial charge in [0, 0.05) is 6.04 Å². The van der Waals surface area contributed by atoms with Crippen LogP contribution >= 0.6 is 28.3 Å². The molecule has 84 valence electrons. The second kappa shape index (κ2) is 5.19. The zero-order valence-corrected chi connectivity index (χ0v) is 11.2. The molecule has 1 aliphatic heterocycles. The van der Waals surface area contributed by atoms with Gasteiger partial charge < -0.3 is 10.1 Å². The van der Waals surface area contributed by atoms with Crippen LogP contribution in [0, 0.1) is 0 Å². The van der Waals surface area contributed by atoms with E-state index in [1.165, 1.54) is 11.1 Å². The lowest BCUT2D eigenvalue weighted by Crippen LogP contribution is -2.28. The summed E-state index contributed by atoms with van der Waals surface area (Å²) in [5.41, 5.74) is 2.76. The Hall–Kier alpha value is -0.250. The van der Waals surface area contributed by atoms with Crippen LogP contribution in [-0.4, -0.2) is 13.7 Å². The van der Waals surface area contributed by atoms with Gasteiger partial charge in [-0.3, -0.25) is 0 Å². The average molecular weight is 293 g/mol. The first-order valence-corrected chi connectivity index (χ1v) is 5.62. The summed E-state index contributed by atoms with van der Waals surface area (Å²) in [6.45, 7) is 3.23. The van der Waals surface area contributed by atoms with Gasteiger partial charge in [-0.1, -0.05) is 6.07 Å². The van der Waals surface area contributed by atoms with Gasteiger partial charge in [-0.25, -0.2) is 0 Å². The van der Waals surface area contributed by atoms with Crippen LogP contribution in [0.2, 0.25) is 0 Å². The molecule has 0 fully saturated rings. The van der Waals surface area contributed by atoms with Crippen molar-refractivity contribution in [3.8, 4) is 5.75 Å². The van der Waals surface area contributed by atoms with Gasteiger partial charge in [-0.15, -0.1) is 12.4 Å². The highest BCUT2D eigenvalue weighted by Crippen LogP contribution is 2.35. The highest BCUT2D eigenvalue weighted by Gasteiger charge is 2.19. The third-order valence-electron chi connectivity index (χ3n) is 2.76. The molecule has 0 bridgehead atoms. The van der Waals surface area contributed by atoms with Crippen LogP contribution in [0.3, 0.4) is 0 Å². The Morgan fingerprint density at radius 3 is 2.87 bits per heavy atom. The SMILES string of the molecule is COc1ccc2c(c1Br)CCN[C@@H]2C.Cl. The van der Waals surface area contributed by atoms with Crippen molar-refractivity contribution >= 4 is 28.3 Å². The summed E-state index contributed by atoms with van der Waals surface area (Å²) >= 11 is 3.60. The Morgan fingerprint density at radius 1 is 1.47 bits per heavy atom. The summed E-state index contributed by atoms with van der Waals surface area (Å²) in [5, 5.41) is 3.44. The zero-order valence-electron chi connectivity index (χ0n) is 8.84. The van der Waals surface area contributed by atoms with Crippen LogP contribution < -0.4 is 10.1 Å². The number of fused-ring (bicyclic) bond motifs is 1. The van der Waals surface area contributed by atoms with Crippen molar-refractivity contribution in [2.45, 2.75) is 19.4 Å². The second-order valence-electron chi connectivity index (χ2n) is 3.58. The van der Waals surface area contributed by atoms with Crippen molar-refractivity contribution in [2.24, 2.45) is 0 Å². The van der Waals surface area contributed by atoms with Crippen molar-refractivity contribution in [2.75, 3.05) is 13.7 Å². The Labute approximate surface area is 105 Å². The number of hydrogen-bond acceptors (Lipinski definition) is 2. The molecule has 1 heterocycles. The first-order chi connectivity index (χ1) is 6.74. The molecule has 2 nitrogen and oxygen atoms in total. The number of rotatable bonds is 1. The maximum atomic E-state index is 5.28. The maximum absolute atomic E-state index is 5.28. The molecule has 0 aliphatic carbocycles. The topological polar surface area (TPSA) is 21.3 Å². The number of ether oxygens (including phenoxy) is 1. The fourth-order valence-corrected chi connectivity index (χ4v) is 2.68. The molecule has 2 rings (SSSR count). The van der Waals surface area contributed by atoms with E-state index in [0.29, 0.717) is 6.04 Å². The molecule has 1 atom stereocenters. The summed E-state index contributed by atoms with van der Waals surface area (Å²) in [5.74, 6) is 0.929. The van der Waals surface area contributed by atoms with Crippen LogP contribution in [-0.2, 0) is 6.42 Å². The minimum absolute atomic E-state index is 0. The van der Waals surface area contributed by atoms with Crippen LogP contribution in [0.5, 0.6) is 5.75 Å². The van der Waals surface area contributed by atoms with Crippen LogP contribution in [0.15, 0.2) is 16.6 Å². The lowest BCUT2D eigenvalue weighted by molar-refractivity contribution is 0.409. The molecule has 0 saturated carbocycles. The van der Waals surface area contributed by atoms with Gasteiger partial charge in [0.05, 0.1) is 11.6 Å². The normalized spacial score (nSPS) is 19.0. The zero-order chi connectivity index (χ0) is 10.1. The predicted octanol–water partition coefficient (Wildman–Crippen LogP) is 3.09. The van der Waals surface area contributed by atoms with E-state index in [4.69, 9.17) is 4.74 Å². The largest absolute Gasteiger partial charge is 0.496 e. The minimum atomic E-state index is 0. The van der Waals surface area contributed by atoms with Crippen molar-refractivity contribution in [3.63, 3.8) is 0 Å². The van der Waals surface area contributed by atoms with E-state index in [1.807, 2.05) is 6.07 Å². The molecule has 4 heteroatoms. The standard InChI is InChI=1S/C11H14BrNO.ClH/c1-7-8-3-4-10(14-2)11(12)9(8)5-6-13-7;/h3-4,7,13H,5-6H2,1-2H3;1H/t7-;/m1./s1. The molecule has 1 N–H and O–H groups in total. The number of methoxy groups -OCH3 is 1. The molecule has 1 aromatic carbocycles. The predicted molar refractivity (Wildman–Crippen MR) is 68.1 cm³/mol. The van der Waals surface area contributed by atoms with Gasteiger partial charge in [0.25, 0.3) is 0 Å². The van der Waals surface area contributed by atoms with Gasteiger partial charge in [0.1, 0.15) is 5.75 Å². The molecule has 0 amide bonds. The van der Waals surface area contributed by atoms with E-state index in [0.717, 1.165) is 23.2 Å². The maximum Gasteiger partial charge on any atom is 0.133 e. The van der Waals surface area contributed by atoms with E-state index in [2.05, 4.69) is 34.2 Å². The number of hydrogen-bond donors (Lipinski definition) is 1. The van der Waals surface area contributed by atoms with Crippen LogP contribution in [0.1, 0.15) is 24.1 Å². The highest BCUT2D eigenvalue weighted by atomic mass is 79.9. The quantitative estimate of drug-likeness (QED) is 0.859. The lowest BCUT2D eigenvalue weighted by Gasteiger charge is -2.25. The summed E-state index contributed by atoms with van der Waals surface area (Å²) in [6.07, 6.45) is 1.07. The molecule has 0 aromatic heterocycles. The Balaban J connectivity index is 0.00000112. The van der Waals surface area contributed by atoms with Gasteiger partial charge >= 0.3 is 0 Å². The Bertz CT molecular complexity index is 357. The minimum Gasteiger partial charge on any atom is -0.496 e. The van der Waals surface area contributed by atoms with Crippen LogP contribution in [0.25, 0.3) is 0 Å². The molecule has 0 radical (unpaired) electrons. The van der Waals surface area contributed by atoms with E-state index in [1.54, 1.807) is 7.11 Å². The van der Waals surface area contributed by atoms with E-state index in [-0.39, 0.29) is 12.4 Å². The number of nitrogens with one attached hydrogen (secondary N) is 1. The highest BCUT2D eigenvalue weighted by molar-refractivity contribution is 9.10. The first kappa shape index (κ1) is 12.8. The summed E-state index contributed by atoms with van der Waals surface area (Å²) in [7, 11) is 1.71. The second-order valence-corrected chi connectivity index (χ2v) is 4.37. The van der Waals surface area contributed by atoms with Gasteiger partial charge in [0.2, 0.25) is 0 Å². The molecular weight excluding hydrogens is 277 g/mol. The average Bonchev–Trinajstić information content (AvgIpc) is 2.20. The molecule has 1 aromatic rings. The van der Waals surface area contributed by atoms with Gasteiger partial charge in [-0.05, 0) is 53.0 Å². The Morgan fingerprint density at radius 2 is 2.20 bits per heavy atom. The molecular formula is C11H15BrClNO. The summed E-state index contributed by atoms with van der Waals surface area (Å²) in [4.78, 5) is 0. The van der Waals surface area contributed by atoms with E-state index < -0.39 is 0 Å². The lowest BCUT2D eigenvalue weighted by atomic mass is 9.95. The van der Waals surface area contributed by atoms with Crippen molar-refractivity contribution < 1.29 is 4.74 Å². The molecule has 0 saturated heterocycles. The molecule has 1 aliphatic rings. The van der Waals surface area contributed by atoms with E-state index in [9.17, 15) is 0 Å². The van der Waals surface area contributed by atoms with Crippen molar-refractivity contribution in [1.82, 2.24) is 5.32 Å². The first-order valence-electron chi connectivity index (χ1n) is 4.82. The molecule has 0 unspecified atom stereocenters. The fraction of sp³-hybridized carbons (Fsp3) is 0.455. The Kier molecular flexibility index (Phi) is 4.44. The van der Waals surface area contributed by atoms with E-state index >= 15 is 0 Å². The third kappa shape index (κ3) is 2.30. The smallest absolute Gasteiger partial charge is 0.133 e. The fourth-order valence-electron chi connectivity index (χ4n) is 1.96. The molecule has 0 spiro atoms. The van der Waals surface area contributed by atoms with Crippen molar-refractivity contribution in [3.05, 3.63) is 27.7 Å². The summed E-state index contributed by atoms with van der Waals surface area (Å²) < 4.78 is 6.40. The third-order valence-corrected chi connectivity index (χ3v) is 3.63. The van der Waals surface area contributed by atoms with Gasteiger partial charge in [-0.2, -0.15) is 0 Å².